The molecule has 1 rings (SSSR count). The molecule has 1 N–H and O–H groups in total. The van der Waals surface area contributed by atoms with Gasteiger partial charge >= 0.3 is 5.69 Å². The molecular weight excluding hydrogens is 238 g/mol. The molecule has 1 heterocycles. The normalized spacial score (nSPS) is 10.3. The van der Waals surface area contributed by atoms with E-state index in [1.165, 1.54) is 0 Å². The summed E-state index contributed by atoms with van der Waals surface area (Å²) in [5.41, 5.74) is 0.614. The van der Waals surface area contributed by atoms with Gasteiger partial charge in [-0.1, -0.05) is 0 Å². The lowest BCUT2D eigenvalue weighted by Crippen LogP contribution is -2.10. The van der Waals surface area contributed by atoms with E-state index in [1.807, 2.05) is 0 Å². The van der Waals surface area contributed by atoms with Crippen molar-refractivity contribution in [3.8, 4) is 0 Å². The number of aryl methyl sites for hydroxylation is 1. The molecule has 0 aliphatic rings. The number of hydrogen-bond donors (Lipinski definition) is 1. The first kappa shape index (κ1) is 14.3. The molecule has 0 saturated heterocycles. The van der Waals surface area contributed by atoms with Crippen LogP contribution in [0.2, 0.25) is 0 Å². The van der Waals surface area contributed by atoms with Gasteiger partial charge in [0.05, 0.1) is 11.5 Å². The van der Waals surface area contributed by atoms with Gasteiger partial charge in [0, 0.05) is 25.4 Å². The number of rotatable bonds is 8. The first-order valence-corrected chi connectivity index (χ1v) is 5.57. The summed E-state index contributed by atoms with van der Waals surface area (Å²) in [6.07, 6.45) is 2.27. The predicted molar refractivity (Wildman–Crippen MR) is 66.6 cm³/mol. The van der Waals surface area contributed by atoms with Gasteiger partial charge in [-0.25, -0.2) is 4.98 Å². The van der Waals surface area contributed by atoms with Crippen LogP contribution in [0.25, 0.3) is 0 Å². The first-order chi connectivity index (χ1) is 8.66. The summed E-state index contributed by atoms with van der Waals surface area (Å²) >= 11 is 0. The first-order valence-electron chi connectivity index (χ1n) is 5.57. The lowest BCUT2D eigenvalue weighted by molar-refractivity contribution is -0.384. The molecule has 100 valence electrons. The quantitative estimate of drug-likeness (QED) is 0.329. The van der Waals surface area contributed by atoms with Crippen molar-refractivity contribution < 1.29 is 14.4 Å². The summed E-state index contributed by atoms with van der Waals surface area (Å²) in [6, 6.07) is 1.62. The zero-order valence-electron chi connectivity index (χ0n) is 10.5. The van der Waals surface area contributed by atoms with Crippen LogP contribution in [0.1, 0.15) is 12.0 Å². The Labute approximate surface area is 105 Å². The fourth-order valence-corrected chi connectivity index (χ4v) is 1.43. The monoisotopic (exact) mass is 255 g/mol. The zero-order chi connectivity index (χ0) is 13.4. The molecular formula is C11H17N3O4. The Morgan fingerprint density at radius 2 is 2.33 bits per heavy atom. The predicted octanol–water partition coefficient (Wildman–Crippen LogP) is 1.72. The zero-order valence-corrected chi connectivity index (χ0v) is 10.5. The van der Waals surface area contributed by atoms with Crippen LogP contribution in [0.4, 0.5) is 11.5 Å². The molecule has 0 aliphatic carbocycles. The second-order valence-electron chi connectivity index (χ2n) is 3.68. The van der Waals surface area contributed by atoms with E-state index < -0.39 is 4.92 Å². The molecule has 0 spiro atoms. The summed E-state index contributed by atoms with van der Waals surface area (Å²) in [7, 11) is 1.55. The van der Waals surface area contributed by atoms with Gasteiger partial charge < -0.3 is 14.8 Å². The summed E-state index contributed by atoms with van der Waals surface area (Å²) in [4.78, 5) is 14.5. The minimum Gasteiger partial charge on any atom is -0.364 e. The third kappa shape index (κ3) is 4.27. The topological polar surface area (TPSA) is 86.5 Å². The van der Waals surface area contributed by atoms with Gasteiger partial charge in [0.25, 0.3) is 0 Å². The number of hydrogen-bond acceptors (Lipinski definition) is 6. The van der Waals surface area contributed by atoms with E-state index in [4.69, 9.17) is 9.47 Å². The van der Waals surface area contributed by atoms with Gasteiger partial charge in [0.1, 0.15) is 6.79 Å². The van der Waals surface area contributed by atoms with E-state index in [9.17, 15) is 10.1 Å². The third-order valence-corrected chi connectivity index (χ3v) is 2.27. The van der Waals surface area contributed by atoms with Crippen LogP contribution in [0.5, 0.6) is 0 Å². The maximum absolute atomic E-state index is 10.9. The summed E-state index contributed by atoms with van der Waals surface area (Å²) in [6.45, 7) is 3.02. The Bertz CT molecular complexity index is 398. The Morgan fingerprint density at radius 3 is 3.00 bits per heavy atom. The second-order valence-corrected chi connectivity index (χ2v) is 3.68. The average Bonchev–Trinajstić information content (AvgIpc) is 2.33. The fourth-order valence-electron chi connectivity index (χ4n) is 1.43. The van der Waals surface area contributed by atoms with Crippen LogP contribution in [0.3, 0.4) is 0 Å². The standard InChI is InChI=1S/C11H17N3O4/c1-9-4-6-13-11(10(9)14(15)16)12-5-3-7-18-8-17-2/h4,6H,3,5,7-8H2,1-2H3,(H,12,13). The van der Waals surface area contributed by atoms with E-state index in [0.29, 0.717) is 24.5 Å². The Morgan fingerprint density at radius 1 is 1.56 bits per heavy atom. The number of nitrogens with zero attached hydrogens (tertiary/aromatic N) is 2. The number of nitro groups is 1. The van der Waals surface area contributed by atoms with Crippen LogP contribution in [-0.4, -0.2) is 37.0 Å². The van der Waals surface area contributed by atoms with Gasteiger partial charge in [-0.2, -0.15) is 0 Å². The van der Waals surface area contributed by atoms with E-state index >= 15 is 0 Å². The largest absolute Gasteiger partial charge is 0.364 e. The number of ether oxygens (including phenoxy) is 2. The van der Waals surface area contributed by atoms with Crippen molar-refractivity contribution in [1.82, 2.24) is 4.98 Å². The number of nitrogens with one attached hydrogen (secondary N) is 1. The van der Waals surface area contributed by atoms with E-state index in [2.05, 4.69) is 10.3 Å². The van der Waals surface area contributed by atoms with Crippen molar-refractivity contribution in [2.75, 3.05) is 32.4 Å². The average molecular weight is 255 g/mol. The lowest BCUT2D eigenvalue weighted by atomic mass is 10.2. The Kier molecular flexibility index (Phi) is 6.03. The highest BCUT2D eigenvalue weighted by molar-refractivity contribution is 5.59. The molecule has 0 radical (unpaired) electrons. The Hall–Kier alpha value is -1.73. The van der Waals surface area contributed by atoms with E-state index in [0.717, 1.165) is 6.42 Å². The van der Waals surface area contributed by atoms with Crippen LogP contribution < -0.4 is 5.32 Å². The molecule has 7 heteroatoms. The number of methoxy groups -OCH3 is 1. The highest BCUT2D eigenvalue weighted by atomic mass is 16.7. The molecule has 18 heavy (non-hydrogen) atoms. The summed E-state index contributed by atoms with van der Waals surface area (Å²) in [5.74, 6) is 0.298. The summed E-state index contributed by atoms with van der Waals surface area (Å²) < 4.78 is 9.83. The van der Waals surface area contributed by atoms with Crippen LogP contribution in [-0.2, 0) is 9.47 Å². The minimum absolute atomic E-state index is 0.0234. The van der Waals surface area contributed by atoms with Crippen molar-refractivity contribution in [2.24, 2.45) is 0 Å². The fraction of sp³-hybridized carbons (Fsp3) is 0.545. The van der Waals surface area contributed by atoms with Gasteiger partial charge in [-0.15, -0.1) is 0 Å². The maximum atomic E-state index is 10.9. The maximum Gasteiger partial charge on any atom is 0.314 e. The van der Waals surface area contributed by atoms with Gasteiger partial charge in [0.15, 0.2) is 0 Å². The smallest absolute Gasteiger partial charge is 0.314 e. The number of aromatic nitrogens is 1. The van der Waals surface area contributed by atoms with E-state index in [-0.39, 0.29) is 12.5 Å². The van der Waals surface area contributed by atoms with Gasteiger partial charge in [-0.05, 0) is 19.4 Å². The molecule has 0 amide bonds. The molecule has 0 aliphatic heterocycles. The van der Waals surface area contributed by atoms with Crippen molar-refractivity contribution in [2.45, 2.75) is 13.3 Å². The van der Waals surface area contributed by atoms with Gasteiger partial charge in [0.2, 0.25) is 5.82 Å². The molecule has 0 unspecified atom stereocenters. The highest BCUT2D eigenvalue weighted by Gasteiger charge is 2.17. The van der Waals surface area contributed by atoms with Crippen molar-refractivity contribution in [3.05, 3.63) is 27.9 Å². The molecule has 0 bridgehead atoms. The van der Waals surface area contributed by atoms with Crippen molar-refractivity contribution in [3.63, 3.8) is 0 Å². The number of pyridine rings is 1. The number of anilines is 1. The van der Waals surface area contributed by atoms with Crippen LogP contribution in [0, 0.1) is 17.0 Å². The van der Waals surface area contributed by atoms with Crippen molar-refractivity contribution in [1.29, 1.82) is 0 Å². The molecule has 0 aromatic carbocycles. The molecule has 7 nitrogen and oxygen atoms in total. The third-order valence-electron chi connectivity index (χ3n) is 2.27. The molecule has 1 aromatic rings. The lowest BCUT2D eigenvalue weighted by Gasteiger charge is -2.07. The molecule has 1 aromatic heterocycles. The van der Waals surface area contributed by atoms with Crippen LogP contribution in [0.15, 0.2) is 12.3 Å². The second kappa shape index (κ2) is 7.57. The molecule has 0 atom stereocenters. The highest BCUT2D eigenvalue weighted by Crippen LogP contribution is 2.25. The van der Waals surface area contributed by atoms with Gasteiger partial charge in [-0.3, -0.25) is 10.1 Å². The SMILES string of the molecule is COCOCCCNc1nccc(C)c1[N+](=O)[O-]. The molecule has 0 fully saturated rings. The Balaban J connectivity index is 2.47. The van der Waals surface area contributed by atoms with Crippen molar-refractivity contribution >= 4 is 11.5 Å². The van der Waals surface area contributed by atoms with Crippen LogP contribution >= 0.6 is 0 Å². The van der Waals surface area contributed by atoms with E-state index in [1.54, 1.807) is 26.3 Å². The minimum atomic E-state index is -0.425. The summed E-state index contributed by atoms with van der Waals surface area (Å²) in [5, 5.41) is 13.8. The molecule has 0 saturated carbocycles.